The van der Waals surface area contributed by atoms with Gasteiger partial charge in [-0.05, 0) is 25.2 Å². The van der Waals surface area contributed by atoms with Gasteiger partial charge in [-0.2, -0.15) is 0 Å². The Bertz CT molecular complexity index is 377. The highest BCUT2D eigenvalue weighted by Crippen LogP contribution is 2.21. The maximum atomic E-state index is 12.7. The third-order valence-electron chi connectivity index (χ3n) is 6.82. The van der Waals surface area contributed by atoms with E-state index in [1.54, 1.807) is 0 Å². The molecule has 0 N–H and O–H groups in total. The number of carbonyl (C=O) groups excluding carboxylic acids is 1. The van der Waals surface area contributed by atoms with Crippen LogP contribution in [0.1, 0.15) is 169 Å². The van der Waals surface area contributed by atoms with E-state index in [9.17, 15) is 4.79 Å². The van der Waals surface area contributed by atoms with Crippen molar-refractivity contribution in [1.82, 2.24) is 0 Å². The van der Waals surface area contributed by atoms with Crippen molar-refractivity contribution in [3.05, 3.63) is 0 Å². The van der Waals surface area contributed by atoms with E-state index in [1.165, 1.54) is 122 Å². The van der Waals surface area contributed by atoms with Gasteiger partial charge in [0.25, 0.3) is 0 Å². The van der Waals surface area contributed by atoms with Gasteiger partial charge in [-0.15, -0.1) is 0 Å². The molecule has 0 aliphatic rings. The Hall–Kier alpha value is -0.530. The molecule has 0 saturated heterocycles. The maximum absolute atomic E-state index is 12.7. The normalized spacial score (nSPS) is 12.4. The van der Waals surface area contributed by atoms with Crippen molar-refractivity contribution < 1.29 is 9.53 Å². The summed E-state index contributed by atoms with van der Waals surface area (Å²) in [5.74, 6) is 1.10. The van der Waals surface area contributed by atoms with E-state index < -0.39 is 0 Å². The minimum absolute atomic E-state index is 0.0939. The Balaban J connectivity index is 3.79. The molecule has 192 valence electrons. The molecule has 0 fully saturated rings. The molecule has 2 nitrogen and oxygen atoms in total. The van der Waals surface area contributed by atoms with Crippen LogP contribution in [0.25, 0.3) is 0 Å². The van der Waals surface area contributed by atoms with Gasteiger partial charge in [0.1, 0.15) is 0 Å². The number of ether oxygens (including phenoxy) is 1. The van der Waals surface area contributed by atoms with E-state index in [0.717, 1.165) is 25.2 Å². The van der Waals surface area contributed by atoms with Crippen molar-refractivity contribution in [2.24, 2.45) is 11.8 Å². The van der Waals surface area contributed by atoms with Crippen LogP contribution >= 0.6 is 0 Å². The highest BCUT2D eigenvalue weighted by atomic mass is 16.5. The van der Waals surface area contributed by atoms with Crippen molar-refractivity contribution in [2.45, 2.75) is 169 Å². The first kappa shape index (κ1) is 31.5. The predicted octanol–water partition coefficient (Wildman–Crippen LogP) is 10.4. The lowest BCUT2D eigenvalue weighted by molar-refractivity contribution is -0.149. The predicted molar refractivity (Wildman–Crippen MR) is 142 cm³/mol. The van der Waals surface area contributed by atoms with Crippen LogP contribution in [0.5, 0.6) is 0 Å². The van der Waals surface area contributed by atoms with Gasteiger partial charge in [-0.1, -0.05) is 150 Å². The van der Waals surface area contributed by atoms with E-state index in [2.05, 4.69) is 27.7 Å². The van der Waals surface area contributed by atoms with E-state index >= 15 is 0 Å². The Morgan fingerprint density at radius 3 is 1.38 bits per heavy atom. The van der Waals surface area contributed by atoms with Gasteiger partial charge >= 0.3 is 5.97 Å². The van der Waals surface area contributed by atoms with E-state index in [-0.39, 0.29) is 11.9 Å². The second-order valence-electron chi connectivity index (χ2n) is 10.6. The average molecular weight is 453 g/mol. The first-order chi connectivity index (χ1) is 15.6. The molecule has 0 amide bonds. The lowest BCUT2D eigenvalue weighted by Crippen LogP contribution is -2.18. The second kappa shape index (κ2) is 25.1. The molecule has 0 aromatic heterocycles. The molecule has 0 bridgehead atoms. The van der Waals surface area contributed by atoms with Crippen LogP contribution in [0.2, 0.25) is 0 Å². The van der Waals surface area contributed by atoms with Crippen molar-refractivity contribution >= 4 is 5.97 Å². The molecular formula is C30H60O2. The summed E-state index contributed by atoms with van der Waals surface area (Å²) in [5, 5.41) is 0. The van der Waals surface area contributed by atoms with Crippen LogP contribution in [0, 0.1) is 11.8 Å². The first-order valence-corrected chi connectivity index (χ1v) is 14.8. The number of hydrogen-bond acceptors (Lipinski definition) is 2. The third-order valence-corrected chi connectivity index (χ3v) is 6.82. The summed E-state index contributed by atoms with van der Waals surface area (Å²) in [6.07, 6.45) is 28.1. The van der Waals surface area contributed by atoms with Crippen LogP contribution in [0.3, 0.4) is 0 Å². The lowest BCUT2D eigenvalue weighted by Gasteiger charge is -2.16. The van der Waals surface area contributed by atoms with Gasteiger partial charge in [0.15, 0.2) is 0 Å². The summed E-state index contributed by atoms with van der Waals surface area (Å²) in [5.41, 5.74) is 0. The fourth-order valence-corrected chi connectivity index (χ4v) is 4.55. The van der Waals surface area contributed by atoms with Crippen LogP contribution in [0.4, 0.5) is 0 Å². The molecule has 1 atom stereocenters. The molecule has 0 aliphatic carbocycles. The van der Waals surface area contributed by atoms with Crippen molar-refractivity contribution in [2.75, 3.05) is 6.61 Å². The van der Waals surface area contributed by atoms with Gasteiger partial charge in [0.05, 0.1) is 12.5 Å². The Kier molecular flexibility index (Phi) is 24.7. The van der Waals surface area contributed by atoms with Gasteiger partial charge in [-0.3, -0.25) is 4.79 Å². The number of unbranched alkanes of at least 4 members (excludes halogenated alkanes) is 16. The highest BCUT2D eigenvalue weighted by molar-refractivity contribution is 5.72. The fraction of sp³-hybridized carbons (Fsp3) is 0.967. The molecule has 32 heavy (non-hydrogen) atoms. The Labute approximate surface area is 203 Å². The number of hydrogen-bond donors (Lipinski definition) is 0. The van der Waals surface area contributed by atoms with E-state index in [1.807, 2.05) is 0 Å². The summed E-state index contributed by atoms with van der Waals surface area (Å²) >= 11 is 0. The number of rotatable bonds is 25. The van der Waals surface area contributed by atoms with Gasteiger partial charge < -0.3 is 4.74 Å². The average Bonchev–Trinajstić information content (AvgIpc) is 2.77. The summed E-state index contributed by atoms with van der Waals surface area (Å²) in [6.45, 7) is 9.78. The monoisotopic (exact) mass is 452 g/mol. The lowest BCUT2D eigenvalue weighted by atomic mass is 9.94. The molecule has 1 unspecified atom stereocenters. The third kappa shape index (κ3) is 22.7. The smallest absolute Gasteiger partial charge is 0.308 e. The van der Waals surface area contributed by atoms with Gasteiger partial charge in [0.2, 0.25) is 0 Å². The minimum atomic E-state index is 0.0939. The molecule has 0 heterocycles. The van der Waals surface area contributed by atoms with E-state index in [0.29, 0.717) is 6.61 Å². The van der Waals surface area contributed by atoms with Crippen molar-refractivity contribution in [3.63, 3.8) is 0 Å². The zero-order valence-electron chi connectivity index (χ0n) is 22.7. The fourth-order valence-electron chi connectivity index (χ4n) is 4.55. The summed E-state index contributed by atoms with van der Waals surface area (Å²) in [6, 6.07) is 0. The SMILES string of the molecule is CCCCCCCCC(CCCCCC)C(=O)OCCCCCCCCCCCC(C)C. The molecule has 0 rings (SSSR count). The van der Waals surface area contributed by atoms with Crippen molar-refractivity contribution in [1.29, 1.82) is 0 Å². The zero-order valence-corrected chi connectivity index (χ0v) is 22.7. The number of carbonyl (C=O) groups is 1. The van der Waals surface area contributed by atoms with Gasteiger partial charge in [0, 0.05) is 0 Å². The molecular weight excluding hydrogens is 392 g/mol. The van der Waals surface area contributed by atoms with Crippen LogP contribution in [0.15, 0.2) is 0 Å². The molecule has 0 spiro atoms. The highest BCUT2D eigenvalue weighted by Gasteiger charge is 2.19. The maximum Gasteiger partial charge on any atom is 0.308 e. The largest absolute Gasteiger partial charge is 0.465 e. The molecule has 2 heteroatoms. The topological polar surface area (TPSA) is 26.3 Å². The van der Waals surface area contributed by atoms with Crippen LogP contribution < -0.4 is 0 Å². The second-order valence-corrected chi connectivity index (χ2v) is 10.6. The van der Waals surface area contributed by atoms with Crippen LogP contribution in [-0.4, -0.2) is 12.6 Å². The molecule has 0 saturated carbocycles. The Morgan fingerprint density at radius 2 is 0.906 bits per heavy atom. The zero-order chi connectivity index (χ0) is 23.7. The van der Waals surface area contributed by atoms with E-state index in [4.69, 9.17) is 4.74 Å². The molecule has 0 radical (unpaired) electrons. The molecule has 0 aliphatic heterocycles. The van der Waals surface area contributed by atoms with Crippen LogP contribution in [-0.2, 0) is 9.53 Å². The van der Waals surface area contributed by atoms with Crippen molar-refractivity contribution in [3.8, 4) is 0 Å². The summed E-state index contributed by atoms with van der Waals surface area (Å²) < 4.78 is 5.71. The number of esters is 1. The minimum Gasteiger partial charge on any atom is -0.465 e. The summed E-state index contributed by atoms with van der Waals surface area (Å²) in [7, 11) is 0. The summed E-state index contributed by atoms with van der Waals surface area (Å²) in [4.78, 5) is 12.7. The molecule has 0 aromatic rings. The molecule has 0 aromatic carbocycles. The van der Waals surface area contributed by atoms with Gasteiger partial charge in [-0.25, -0.2) is 0 Å². The quantitative estimate of drug-likeness (QED) is 0.102. The standard InChI is InChI=1S/C30H60O2/c1-5-7-9-11-18-22-26-29(25-21-10-8-6-2)30(31)32-27-23-19-16-14-12-13-15-17-20-24-28(3)4/h28-29H,5-27H2,1-4H3. The Morgan fingerprint density at radius 1 is 0.531 bits per heavy atom. The first-order valence-electron chi connectivity index (χ1n) is 14.8.